The molecule has 0 bridgehead atoms. The van der Waals surface area contributed by atoms with E-state index in [1.165, 1.54) is 112 Å². The number of nitrogens with zero attached hydrogens (tertiary/aromatic N) is 2. The fraction of sp³-hybridized carbons (Fsp3) is 1.00. The minimum Gasteiger partial charge on any atom is -0.324 e. The van der Waals surface area contributed by atoms with E-state index >= 15 is 0 Å². The lowest BCUT2D eigenvalue weighted by Crippen LogP contribution is -2.51. The summed E-state index contributed by atoms with van der Waals surface area (Å²) in [5.41, 5.74) is 0. The summed E-state index contributed by atoms with van der Waals surface area (Å²) >= 11 is 0. The van der Waals surface area contributed by atoms with Crippen LogP contribution in [0.5, 0.6) is 0 Å². The van der Waals surface area contributed by atoms with Crippen molar-refractivity contribution >= 4 is 0 Å². The summed E-state index contributed by atoms with van der Waals surface area (Å²) in [5, 5.41) is 0. The first-order valence-electron chi connectivity index (χ1n) is 11.0. The number of rotatable bonds is 17. The highest BCUT2D eigenvalue weighted by Gasteiger charge is 2.21. The van der Waals surface area contributed by atoms with Crippen LogP contribution in [0, 0.1) is 0 Å². The molecule has 0 rings (SSSR count). The minimum atomic E-state index is 1.19. The summed E-state index contributed by atoms with van der Waals surface area (Å²) in [5.74, 6) is 0. The average Bonchev–Trinajstić information content (AvgIpc) is 2.53. The van der Waals surface area contributed by atoms with E-state index in [9.17, 15) is 0 Å². The third kappa shape index (κ3) is 15.4. The van der Waals surface area contributed by atoms with Gasteiger partial charge in [-0.15, -0.1) is 0 Å². The monoisotopic (exact) mass is 342 g/mol. The molecule has 0 aromatic rings. The first-order chi connectivity index (χ1) is 11.3. The smallest absolute Gasteiger partial charge is 0.128 e. The number of hydrogen-bond donors (Lipinski definition) is 0. The Labute approximate surface area is 154 Å². The van der Waals surface area contributed by atoms with Gasteiger partial charge < -0.3 is 8.97 Å². The normalized spacial score (nSPS) is 12.8. The van der Waals surface area contributed by atoms with Gasteiger partial charge in [-0.25, -0.2) is 0 Å². The van der Waals surface area contributed by atoms with Gasteiger partial charge in [0.25, 0.3) is 0 Å². The molecule has 0 amide bonds. The molecule has 0 aromatic carbocycles. The first kappa shape index (κ1) is 23.9. The van der Waals surface area contributed by atoms with Crippen LogP contribution in [0.15, 0.2) is 0 Å². The fourth-order valence-electron chi connectivity index (χ4n) is 3.38. The molecule has 0 saturated carbocycles. The van der Waals surface area contributed by atoms with Crippen molar-refractivity contribution < 1.29 is 8.97 Å². The predicted octanol–water partition coefficient (Wildman–Crippen LogP) is 5.86. The van der Waals surface area contributed by atoms with Crippen molar-refractivity contribution in [2.24, 2.45) is 0 Å². The Balaban J connectivity index is 3.60. The van der Waals surface area contributed by atoms with Crippen LogP contribution in [-0.2, 0) is 0 Å². The largest absolute Gasteiger partial charge is 0.324 e. The summed E-state index contributed by atoms with van der Waals surface area (Å²) in [7, 11) is 9.65. The van der Waals surface area contributed by atoms with Gasteiger partial charge in [-0.05, 0) is 19.3 Å². The lowest BCUT2D eigenvalue weighted by Gasteiger charge is -2.35. The van der Waals surface area contributed by atoms with Crippen molar-refractivity contribution in [3.63, 3.8) is 0 Å². The van der Waals surface area contributed by atoms with E-state index in [-0.39, 0.29) is 0 Å². The van der Waals surface area contributed by atoms with Crippen molar-refractivity contribution in [1.29, 1.82) is 0 Å². The molecule has 0 fully saturated rings. The molecule has 0 N–H and O–H groups in total. The van der Waals surface area contributed by atoms with Crippen LogP contribution in [0.1, 0.15) is 90.9 Å². The molecule has 0 radical (unpaired) electrons. The highest BCUT2D eigenvalue weighted by Crippen LogP contribution is 2.12. The quantitative estimate of drug-likeness (QED) is 0.229. The molecule has 0 aliphatic carbocycles. The van der Waals surface area contributed by atoms with Gasteiger partial charge in [0.15, 0.2) is 0 Å². The number of likely N-dealkylation sites (N-methyl/N-ethyl adjacent to an activating group) is 2. The molecule has 2 heteroatoms. The minimum absolute atomic E-state index is 1.19. The van der Waals surface area contributed by atoms with Gasteiger partial charge in [-0.3, -0.25) is 0 Å². The van der Waals surface area contributed by atoms with Crippen LogP contribution in [-0.4, -0.2) is 63.3 Å². The van der Waals surface area contributed by atoms with Gasteiger partial charge in [-0.1, -0.05) is 71.6 Å². The van der Waals surface area contributed by atoms with E-state index in [2.05, 4.69) is 42.0 Å². The number of hydrogen-bond acceptors (Lipinski definition) is 0. The maximum atomic E-state index is 2.42. The van der Waals surface area contributed by atoms with Crippen LogP contribution in [0.3, 0.4) is 0 Å². The van der Waals surface area contributed by atoms with Crippen molar-refractivity contribution in [2.45, 2.75) is 90.9 Å². The van der Waals surface area contributed by atoms with Crippen LogP contribution in [0.25, 0.3) is 0 Å². The SMILES string of the molecule is CCCCCCCCCCCC[N+](C)(C)CC[N+](C)(C)CCCC. The van der Waals surface area contributed by atoms with E-state index < -0.39 is 0 Å². The van der Waals surface area contributed by atoms with E-state index in [0.717, 1.165) is 0 Å². The van der Waals surface area contributed by atoms with Crippen molar-refractivity contribution in [3.05, 3.63) is 0 Å². The molecule has 0 heterocycles. The third-order valence-electron chi connectivity index (χ3n) is 5.54. The Morgan fingerprint density at radius 2 is 0.708 bits per heavy atom. The van der Waals surface area contributed by atoms with Crippen LogP contribution >= 0.6 is 0 Å². The summed E-state index contributed by atoms with van der Waals surface area (Å²) < 4.78 is 2.39. The molecule has 0 saturated heterocycles. The highest BCUT2D eigenvalue weighted by molar-refractivity contribution is 4.48. The average molecular weight is 343 g/mol. The van der Waals surface area contributed by atoms with E-state index in [1.807, 2.05) is 0 Å². The predicted molar refractivity (Wildman–Crippen MR) is 110 cm³/mol. The van der Waals surface area contributed by atoms with Gasteiger partial charge in [0.1, 0.15) is 13.1 Å². The lowest BCUT2D eigenvalue weighted by atomic mass is 10.1. The molecule has 0 spiro atoms. The van der Waals surface area contributed by atoms with Crippen molar-refractivity contribution in [1.82, 2.24) is 0 Å². The van der Waals surface area contributed by atoms with Gasteiger partial charge in [0.2, 0.25) is 0 Å². The van der Waals surface area contributed by atoms with Crippen molar-refractivity contribution in [3.8, 4) is 0 Å². The molecular weight excluding hydrogens is 292 g/mol. The van der Waals surface area contributed by atoms with Crippen LogP contribution < -0.4 is 0 Å². The maximum absolute atomic E-state index is 2.42. The number of unbranched alkanes of at least 4 members (excludes halogenated alkanes) is 10. The number of quaternary nitrogens is 2. The first-order valence-corrected chi connectivity index (χ1v) is 11.0. The Bertz CT molecular complexity index is 271. The molecule has 0 aromatic heterocycles. The molecule has 2 nitrogen and oxygen atoms in total. The highest BCUT2D eigenvalue weighted by atomic mass is 15.4. The summed E-state index contributed by atoms with van der Waals surface area (Å²) in [4.78, 5) is 0. The van der Waals surface area contributed by atoms with Gasteiger partial charge in [0.05, 0.1) is 41.3 Å². The second-order valence-electron chi connectivity index (χ2n) is 9.30. The molecule has 0 aliphatic rings. The second-order valence-corrected chi connectivity index (χ2v) is 9.30. The lowest BCUT2D eigenvalue weighted by molar-refractivity contribution is -0.946. The van der Waals surface area contributed by atoms with Crippen LogP contribution in [0.2, 0.25) is 0 Å². The fourth-order valence-corrected chi connectivity index (χ4v) is 3.38. The molecule has 24 heavy (non-hydrogen) atoms. The van der Waals surface area contributed by atoms with Gasteiger partial charge in [-0.2, -0.15) is 0 Å². The Hall–Kier alpha value is -0.0800. The van der Waals surface area contributed by atoms with Crippen LogP contribution in [0.4, 0.5) is 0 Å². The second kappa shape index (κ2) is 14.1. The maximum Gasteiger partial charge on any atom is 0.128 e. The van der Waals surface area contributed by atoms with Gasteiger partial charge in [0, 0.05) is 0 Å². The zero-order valence-electron chi connectivity index (χ0n) is 18.2. The Morgan fingerprint density at radius 3 is 1.12 bits per heavy atom. The third-order valence-corrected chi connectivity index (χ3v) is 5.54. The van der Waals surface area contributed by atoms with E-state index in [0.29, 0.717) is 0 Å². The Morgan fingerprint density at radius 1 is 0.375 bits per heavy atom. The summed E-state index contributed by atoms with van der Waals surface area (Å²) in [6, 6.07) is 0. The molecular formula is C22H50N2+2. The molecule has 0 aliphatic heterocycles. The molecule has 0 atom stereocenters. The molecule has 0 unspecified atom stereocenters. The molecule has 146 valence electrons. The standard InChI is InChI=1S/C22H50N2/c1-7-9-11-12-13-14-15-16-17-18-20-24(5,6)22-21-23(3,4)19-10-8-2/h7-22H2,1-6H3/q+2. The zero-order valence-corrected chi connectivity index (χ0v) is 18.2. The zero-order chi connectivity index (χ0) is 18.3. The summed E-state index contributed by atoms with van der Waals surface area (Å²) in [6.45, 7) is 9.90. The van der Waals surface area contributed by atoms with Gasteiger partial charge >= 0.3 is 0 Å². The van der Waals surface area contributed by atoms with E-state index in [1.54, 1.807) is 0 Å². The summed E-state index contributed by atoms with van der Waals surface area (Å²) in [6.07, 6.45) is 17.1. The Kier molecular flexibility index (Phi) is 14.1. The van der Waals surface area contributed by atoms with E-state index in [4.69, 9.17) is 0 Å². The van der Waals surface area contributed by atoms with Crippen molar-refractivity contribution in [2.75, 3.05) is 54.4 Å². The topological polar surface area (TPSA) is 0 Å².